The van der Waals surface area contributed by atoms with Gasteiger partial charge in [-0.25, -0.2) is 9.97 Å². The van der Waals surface area contributed by atoms with E-state index in [-0.39, 0.29) is 28.6 Å². The number of hydrogen-bond acceptors (Lipinski definition) is 4. The van der Waals surface area contributed by atoms with Crippen molar-refractivity contribution in [1.82, 2.24) is 9.97 Å². The number of nitrogens with one attached hydrogen (secondary N) is 1. The third-order valence-corrected chi connectivity index (χ3v) is 6.73. The highest BCUT2D eigenvalue weighted by molar-refractivity contribution is 6.28. The molecule has 154 valence electrons. The molecule has 2 bridgehead atoms. The zero-order valence-electron chi connectivity index (χ0n) is 17.2. The summed E-state index contributed by atoms with van der Waals surface area (Å²) in [4.78, 5) is 20.6. The van der Waals surface area contributed by atoms with Gasteiger partial charge in [-0.05, 0) is 60.1 Å². The van der Waals surface area contributed by atoms with Gasteiger partial charge in [0.25, 0.3) is 0 Å². The predicted octanol–water partition coefficient (Wildman–Crippen LogP) is 5.40. The lowest BCUT2D eigenvalue weighted by Gasteiger charge is -2.47. The van der Waals surface area contributed by atoms with Gasteiger partial charge >= 0.3 is 5.97 Å². The summed E-state index contributed by atoms with van der Waals surface area (Å²) < 4.78 is 0. The summed E-state index contributed by atoms with van der Waals surface area (Å²) in [7, 11) is 0. The zero-order chi connectivity index (χ0) is 20.8. The summed E-state index contributed by atoms with van der Waals surface area (Å²) in [6.07, 6.45) is 4.17. The fourth-order valence-corrected chi connectivity index (χ4v) is 5.15. The Bertz CT molecular complexity index is 899. The molecule has 0 aliphatic heterocycles. The third-order valence-electron chi connectivity index (χ3n) is 6.56. The van der Waals surface area contributed by atoms with Gasteiger partial charge in [-0.3, -0.25) is 4.79 Å². The average molecular weight is 414 g/mol. The molecule has 5 rings (SSSR count). The molecule has 0 saturated heterocycles. The van der Waals surface area contributed by atoms with E-state index in [1.165, 1.54) is 5.56 Å². The standard InChI is InChI=1S/C23H28ClN3O2/c1-23(2,3)16-10-8-13(9-11-16)17-12-18(27-22(24)25-17)26-20-15-6-4-14(5-7-15)19(20)21(28)29/h8-12,14-15,19-20H,4-7H2,1-3H3,(H,28,29)(H,25,26,27). The molecule has 2 unspecified atom stereocenters. The van der Waals surface area contributed by atoms with Crippen molar-refractivity contribution < 1.29 is 9.90 Å². The van der Waals surface area contributed by atoms with E-state index in [2.05, 4.69) is 48.2 Å². The first kappa shape index (κ1) is 20.1. The van der Waals surface area contributed by atoms with E-state index >= 15 is 0 Å². The molecule has 2 N–H and O–H groups in total. The first-order valence-electron chi connectivity index (χ1n) is 10.4. The largest absolute Gasteiger partial charge is 0.481 e. The number of carboxylic acids is 1. The maximum absolute atomic E-state index is 11.9. The molecule has 5 nitrogen and oxygen atoms in total. The second-order valence-corrected chi connectivity index (χ2v) is 9.78. The number of carboxylic acid groups (broad SMARTS) is 1. The minimum absolute atomic E-state index is 0.0840. The number of benzene rings is 1. The maximum Gasteiger partial charge on any atom is 0.308 e. The molecule has 0 radical (unpaired) electrons. The minimum Gasteiger partial charge on any atom is -0.481 e. The van der Waals surface area contributed by atoms with Gasteiger partial charge in [-0.15, -0.1) is 0 Å². The number of hydrogen-bond donors (Lipinski definition) is 2. The first-order chi connectivity index (χ1) is 13.7. The fourth-order valence-electron chi connectivity index (χ4n) is 4.96. The van der Waals surface area contributed by atoms with Crippen LogP contribution in [-0.2, 0) is 10.2 Å². The van der Waals surface area contributed by atoms with Gasteiger partial charge in [0.1, 0.15) is 5.82 Å². The van der Waals surface area contributed by atoms with Crippen LogP contribution in [0.4, 0.5) is 5.82 Å². The van der Waals surface area contributed by atoms with Crippen LogP contribution < -0.4 is 5.32 Å². The number of carbonyl (C=O) groups is 1. The second-order valence-electron chi connectivity index (χ2n) is 9.44. The summed E-state index contributed by atoms with van der Waals surface area (Å²) >= 11 is 6.22. The van der Waals surface area contributed by atoms with Crippen LogP contribution in [0.2, 0.25) is 5.28 Å². The quantitative estimate of drug-likeness (QED) is 0.656. The highest BCUT2D eigenvalue weighted by atomic mass is 35.5. The molecule has 3 aliphatic carbocycles. The van der Waals surface area contributed by atoms with Gasteiger partial charge in [-0.2, -0.15) is 0 Å². The Balaban J connectivity index is 1.61. The van der Waals surface area contributed by atoms with Gasteiger partial charge in [0.05, 0.1) is 11.6 Å². The number of halogens is 1. The van der Waals surface area contributed by atoms with Crippen molar-refractivity contribution in [3.63, 3.8) is 0 Å². The van der Waals surface area contributed by atoms with E-state index in [9.17, 15) is 9.90 Å². The van der Waals surface area contributed by atoms with Crippen LogP contribution in [-0.4, -0.2) is 27.1 Å². The van der Waals surface area contributed by atoms with Crippen molar-refractivity contribution >= 4 is 23.4 Å². The number of fused-ring (bicyclic) bond motifs is 3. The normalized spacial score (nSPS) is 26.3. The summed E-state index contributed by atoms with van der Waals surface area (Å²) in [5.41, 5.74) is 3.04. The van der Waals surface area contributed by atoms with Gasteiger partial charge in [0.2, 0.25) is 5.28 Å². The highest BCUT2D eigenvalue weighted by Crippen LogP contribution is 2.46. The van der Waals surface area contributed by atoms with E-state index in [1.54, 1.807) is 0 Å². The van der Waals surface area contributed by atoms with Gasteiger partial charge in [-0.1, -0.05) is 45.0 Å². The summed E-state index contributed by atoms with van der Waals surface area (Å²) in [6.45, 7) is 6.55. The SMILES string of the molecule is CC(C)(C)c1ccc(-c2cc(NC3C4CCC(CC4)C3C(=O)O)nc(Cl)n2)cc1. The zero-order valence-corrected chi connectivity index (χ0v) is 17.9. The van der Waals surface area contributed by atoms with Crippen molar-refractivity contribution in [3.05, 3.63) is 41.2 Å². The lowest BCUT2D eigenvalue weighted by molar-refractivity contribution is -0.148. The van der Waals surface area contributed by atoms with Crippen LogP contribution in [0, 0.1) is 17.8 Å². The van der Waals surface area contributed by atoms with Crippen molar-refractivity contribution in [2.45, 2.75) is 57.9 Å². The van der Waals surface area contributed by atoms with E-state index < -0.39 is 5.97 Å². The molecule has 2 aromatic rings. The van der Waals surface area contributed by atoms with Crippen LogP contribution >= 0.6 is 11.6 Å². The Morgan fingerprint density at radius 1 is 1.07 bits per heavy atom. The van der Waals surface area contributed by atoms with Crippen molar-refractivity contribution in [2.75, 3.05) is 5.32 Å². The second kappa shape index (κ2) is 7.60. The molecule has 3 saturated carbocycles. The van der Waals surface area contributed by atoms with E-state index in [0.29, 0.717) is 11.7 Å². The summed E-state index contributed by atoms with van der Waals surface area (Å²) in [6, 6.07) is 10.1. The first-order valence-corrected chi connectivity index (χ1v) is 10.7. The number of aromatic nitrogens is 2. The molecule has 1 aromatic heterocycles. The third kappa shape index (κ3) is 4.11. The molecule has 29 heavy (non-hydrogen) atoms. The molecule has 1 heterocycles. The maximum atomic E-state index is 11.9. The Kier molecular flexibility index (Phi) is 5.28. The lowest BCUT2D eigenvalue weighted by atomic mass is 9.61. The van der Waals surface area contributed by atoms with E-state index in [1.807, 2.05) is 18.2 Å². The Labute approximate surface area is 176 Å². The number of rotatable bonds is 4. The topological polar surface area (TPSA) is 75.1 Å². The monoisotopic (exact) mass is 413 g/mol. The average Bonchev–Trinajstić information content (AvgIpc) is 2.67. The Morgan fingerprint density at radius 2 is 1.69 bits per heavy atom. The highest BCUT2D eigenvalue weighted by Gasteiger charge is 2.47. The van der Waals surface area contributed by atoms with Crippen LogP contribution in [0.1, 0.15) is 52.0 Å². The van der Waals surface area contributed by atoms with Crippen molar-refractivity contribution in [2.24, 2.45) is 17.8 Å². The van der Waals surface area contributed by atoms with E-state index in [4.69, 9.17) is 11.6 Å². The number of nitrogens with zero attached hydrogens (tertiary/aromatic N) is 2. The smallest absolute Gasteiger partial charge is 0.308 e. The van der Waals surface area contributed by atoms with Crippen LogP contribution in [0.15, 0.2) is 30.3 Å². The molecule has 0 amide bonds. The molecular formula is C23H28ClN3O2. The number of aliphatic carboxylic acids is 1. The lowest BCUT2D eigenvalue weighted by Crippen LogP contribution is -2.51. The number of anilines is 1. The van der Waals surface area contributed by atoms with Crippen LogP contribution in [0.25, 0.3) is 11.3 Å². The van der Waals surface area contributed by atoms with Crippen LogP contribution in [0.5, 0.6) is 0 Å². The molecular weight excluding hydrogens is 386 g/mol. The summed E-state index contributed by atoms with van der Waals surface area (Å²) in [5.74, 6) is 0.130. The molecule has 0 spiro atoms. The molecule has 1 aromatic carbocycles. The fraction of sp³-hybridized carbons (Fsp3) is 0.522. The molecule has 6 heteroatoms. The van der Waals surface area contributed by atoms with Crippen molar-refractivity contribution in [1.29, 1.82) is 0 Å². The molecule has 2 atom stereocenters. The predicted molar refractivity (Wildman–Crippen MR) is 115 cm³/mol. The Morgan fingerprint density at radius 3 is 2.28 bits per heavy atom. The van der Waals surface area contributed by atoms with Crippen molar-refractivity contribution in [3.8, 4) is 11.3 Å². The van der Waals surface area contributed by atoms with Gasteiger partial charge in [0, 0.05) is 17.7 Å². The van der Waals surface area contributed by atoms with E-state index in [0.717, 1.165) is 36.9 Å². The summed E-state index contributed by atoms with van der Waals surface area (Å²) in [5, 5.41) is 13.4. The molecule has 3 fully saturated rings. The minimum atomic E-state index is -0.713. The Hall–Kier alpha value is -2.14. The van der Waals surface area contributed by atoms with Gasteiger partial charge < -0.3 is 10.4 Å². The molecule has 3 aliphatic rings. The van der Waals surface area contributed by atoms with Gasteiger partial charge in [0.15, 0.2) is 0 Å². The van der Waals surface area contributed by atoms with Crippen LogP contribution in [0.3, 0.4) is 0 Å².